The molecule has 0 saturated heterocycles. The first kappa shape index (κ1) is 22.2. The van der Waals surface area contributed by atoms with Gasteiger partial charge >= 0.3 is 0 Å². The van der Waals surface area contributed by atoms with Crippen LogP contribution in [0.3, 0.4) is 0 Å². The third-order valence-corrected chi connectivity index (χ3v) is 5.37. The molecular formula is C25H19BrN2O5. The van der Waals surface area contributed by atoms with Crippen molar-refractivity contribution in [3.63, 3.8) is 0 Å². The van der Waals surface area contributed by atoms with Crippen LogP contribution in [0.25, 0.3) is 6.08 Å². The highest BCUT2D eigenvalue weighted by Gasteiger charge is 2.16. The zero-order valence-electron chi connectivity index (χ0n) is 17.6. The molecule has 0 aliphatic carbocycles. The smallest absolute Gasteiger partial charge is 0.266 e. The molecule has 0 radical (unpaired) electrons. The molecular weight excluding hydrogens is 488 g/mol. The maximum atomic E-state index is 12.5. The van der Waals surface area contributed by atoms with E-state index in [0.717, 1.165) is 5.56 Å². The first-order valence-electron chi connectivity index (χ1n) is 9.94. The van der Waals surface area contributed by atoms with E-state index in [-0.39, 0.29) is 19.0 Å². The molecule has 1 amide bonds. The van der Waals surface area contributed by atoms with Gasteiger partial charge in [0.25, 0.3) is 5.91 Å². The number of hydrogen-bond acceptors (Lipinski definition) is 6. The quantitative estimate of drug-likeness (QED) is 0.345. The van der Waals surface area contributed by atoms with E-state index in [4.69, 9.17) is 18.9 Å². The molecule has 0 aromatic heterocycles. The van der Waals surface area contributed by atoms with Gasteiger partial charge in [0, 0.05) is 5.69 Å². The minimum Gasteiger partial charge on any atom is -0.493 e. The number of nitrogens with zero attached hydrogens (tertiary/aromatic N) is 1. The van der Waals surface area contributed by atoms with Gasteiger partial charge in [-0.1, -0.05) is 24.3 Å². The SMILES string of the molecule is COc1cc(/C=C(/C#N)C(=O)Nc2ccccc2)cc(Br)c1OCc1ccc2c(c1)OCO2. The van der Waals surface area contributed by atoms with E-state index in [1.165, 1.54) is 13.2 Å². The fourth-order valence-corrected chi connectivity index (χ4v) is 3.76. The predicted octanol–water partition coefficient (Wildman–Crippen LogP) is 5.31. The van der Waals surface area contributed by atoms with E-state index in [9.17, 15) is 10.1 Å². The third kappa shape index (κ3) is 5.27. The molecule has 33 heavy (non-hydrogen) atoms. The summed E-state index contributed by atoms with van der Waals surface area (Å²) in [5.41, 5.74) is 2.08. The number of carbonyl (C=O) groups is 1. The van der Waals surface area contributed by atoms with Crippen LogP contribution in [0.2, 0.25) is 0 Å². The van der Waals surface area contributed by atoms with Crippen molar-refractivity contribution in [2.45, 2.75) is 6.61 Å². The van der Waals surface area contributed by atoms with E-state index < -0.39 is 5.91 Å². The number of nitrogens with one attached hydrogen (secondary N) is 1. The molecule has 0 saturated carbocycles. The average Bonchev–Trinajstić information content (AvgIpc) is 3.30. The first-order valence-corrected chi connectivity index (χ1v) is 10.7. The number of benzene rings is 3. The van der Waals surface area contributed by atoms with Gasteiger partial charge in [-0.05, 0) is 69.5 Å². The van der Waals surface area contributed by atoms with Crippen LogP contribution in [0, 0.1) is 11.3 Å². The third-order valence-electron chi connectivity index (χ3n) is 4.78. The van der Waals surface area contributed by atoms with E-state index in [2.05, 4.69) is 21.2 Å². The van der Waals surface area contributed by atoms with Gasteiger partial charge < -0.3 is 24.3 Å². The van der Waals surface area contributed by atoms with Gasteiger partial charge in [-0.25, -0.2) is 0 Å². The summed E-state index contributed by atoms with van der Waals surface area (Å²) in [7, 11) is 1.52. The van der Waals surface area contributed by atoms with Crippen molar-refractivity contribution < 1.29 is 23.7 Å². The number of halogens is 1. The highest BCUT2D eigenvalue weighted by molar-refractivity contribution is 9.10. The summed E-state index contributed by atoms with van der Waals surface area (Å²) in [6.07, 6.45) is 1.49. The molecule has 1 N–H and O–H groups in total. The Bertz CT molecular complexity index is 1250. The Morgan fingerprint density at radius 3 is 2.70 bits per heavy atom. The van der Waals surface area contributed by atoms with Gasteiger partial charge in [-0.3, -0.25) is 4.79 Å². The molecule has 166 valence electrons. The number of para-hydroxylation sites is 1. The molecule has 0 bridgehead atoms. The number of ether oxygens (including phenoxy) is 4. The standard InChI is InChI=1S/C25H19BrN2O5/c1-30-23-12-17(9-18(13-27)25(29)28-19-5-3-2-4-6-19)10-20(26)24(23)31-14-16-7-8-21-22(11-16)33-15-32-21/h2-12H,14-15H2,1H3,(H,28,29)/b18-9-. The van der Waals surface area contributed by atoms with Crippen LogP contribution in [0.4, 0.5) is 5.69 Å². The Labute approximate surface area is 199 Å². The molecule has 1 aliphatic rings. The molecule has 0 atom stereocenters. The van der Waals surface area contributed by atoms with Crippen molar-refractivity contribution in [1.82, 2.24) is 0 Å². The number of anilines is 1. The summed E-state index contributed by atoms with van der Waals surface area (Å²) >= 11 is 3.50. The molecule has 3 aromatic rings. The molecule has 0 fully saturated rings. The van der Waals surface area contributed by atoms with Crippen LogP contribution in [0.5, 0.6) is 23.0 Å². The summed E-state index contributed by atoms with van der Waals surface area (Å²) in [6.45, 7) is 0.492. The number of amides is 1. The molecule has 1 heterocycles. The van der Waals surface area contributed by atoms with Crippen LogP contribution in [0.15, 0.2) is 70.7 Å². The fraction of sp³-hybridized carbons (Fsp3) is 0.120. The topological polar surface area (TPSA) is 89.8 Å². The van der Waals surface area contributed by atoms with E-state index >= 15 is 0 Å². The molecule has 8 heteroatoms. The predicted molar refractivity (Wildman–Crippen MR) is 126 cm³/mol. The molecule has 7 nitrogen and oxygen atoms in total. The normalized spacial score (nSPS) is 12.1. The number of rotatable bonds is 7. The molecule has 3 aromatic carbocycles. The van der Waals surface area contributed by atoms with Gasteiger partial charge in [-0.15, -0.1) is 0 Å². The van der Waals surface area contributed by atoms with Crippen molar-refractivity contribution in [3.05, 3.63) is 81.8 Å². The zero-order chi connectivity index (χ0) is 23.2. The molecule has 1 aliphatic heterocycles. The molecule has 0 spiro atoms. The number of carbonyl (C=O) groups excluding carboxylic acids is 1. The number of methoxy groups -OCH3 is 1. The summed E-state index contributed by atoms with van der Waals surface area (Å²) in [5.74, 6) is 1.84. The summed E-state index contributed by atoms with van der Waals surface area (Å²) < 4.78 is 22.8. The van der Waals surface area contributed by atoms with Crippen LogP contribution in [0.1, 0.15) is 11.1 Å². The van der Waals surface area contributed by atoms with Gasteiger partial charge in [0.1, 0.15) is 18.2 Å². The maximum Gasteiger partial charge on any atom is 0.266 e. The van der Waals surface area contributed by atoms with Crippen LogP contribution < -0.4 is 24.3 Å². The lowest BCUT2D eigenvalue weighted by Gasteiger charge is -2.14. The van der Waals surface area contributed by atoms with Crippen LogP contribution >= 0.6 is 15.9 Å². The Hall–Kier alpha value is -3.96. The number of hydrogen-bond donors (Lipinski definition) is 1. The zero-order valence-corrected chi connectivity index (χ0v) is 19.2. The lowest BCUT2D eigenvalue weighted by atomic mass is 10.1. The highest BCUT2D eigenvalue weighted by Crippen LogP contribution is 2.38. The minimum absolute atomic E-state index is 0.0400. The number of nitriles is 1. The van der Waals surface area contributed by atoms with Crippen LogP contribution in [-0.2, 0) is 11.4 Å². The van der Waals surface area contributed by atoms with E-state index in [0.29, 0.717) is 38.7 Å². The Morgan fingerprint density at radius 2 is 1.94 bits per heavy atom. The van der Waals surface area contributed by atoms with Crippen molar-refractivity contribution in [2.75, 3.05) is 19.2 Å². The van der Waals surface area contributed by atoms with Gasteiger partial charge in [0.05, 0.1) is 11.6 Å². The minimum atomic E-state index is -0.498. The van der Waals surface area contributed by atoms with Crippen LogP contribution in [-0.4, -0.2) is 19.8 Å². The first-order chi connectivity index (χ1) is 16.1. The summed E-state index contributed by atoms with van der Waals surface area (Å²) in [4.78, 5) is 12.5. The second-order valence-corrected chi connectivity index (χ2v) is 7.85. The van der Waals surface area contributed by atoms with Gasteiger partial charge in [-0.2, -0.15) is 5.26 Å². The lowest BCUT2D eigenvalue weighted by molar-refractivity contribution is -0.112. The van der Waals surface area contributed by atoms with Crippen molar-refractivity contribution >= 4 is 33.6 Å². The van der Waals surface area contributed by atoms with E-state index in [1.54, 1.807) is 36.4 Å². The second kappa shape index (κ2) is 10.1. The van der Waals surface area contributed by atoms with Gasteiger partial charge in [0.15, 0.2) is 23.0 Å². The summed E-state index contributed by atoms with van der Waals surface area (Å²) in [5, 5.41) is 12.2. The molecule has 0 unspecified atom stereocenters. The highest BCUT2D eigenvalue weighted by atomic mass is 79.9. The van der Waals surface area contributed by atoms with E-state index in [1.807, 2.05) is 30.3 Å². The fourth-order valence-electron chi connectivity index (χ4n) is 3.18. The Kier molecular flexibility index (Phi) is 6.81. The van der Waals surface area contributed by atoms with Crippen molar-refractivity contribution in [2.24, 2.45) is 0 Å². The Morgan fingerprint density at radius 1 is 1.15 bits per heavy atom. The summed E-state index contributed by atoms with van der Waals surface area (Å²) in [6, 6.07) is 20.0. The molecule has 4 rings (SSSR count). The average molecular weight is 507 g/mol. The van der Waals surface area contributed by atoms with Crippen molar-refractivity contribution in [3.8, 4) is 29.1 Å². The van der Waals surface area contributed by atoms with Crippen molar-refractivity contribution in [1.29, 1.82) is 5.26 Å². The monoisotopic (exact) mass is 506 g/mol. The largest absolute Gasteiger partial charge is 0.493 e. The number of fused-ring (bicyclic) bond motifs is 1. The van der Waals surface area contributed by atoms with Gasteiger partial charge in [0.2, 0.25) is 6.79 Å². The second-order valence-electron chi connectivity index (χ2n) is 7.00. The maximum absolute atomic E-state index is 12.5. The lowest BCUT2D eigenvalue weighted by Crippen LogP contribution is -2.13. The Balaban J connectivity index is 1.52.